The molecular formula is C46H27NO2. The Bertz CT molecular complexity index is 3050. The average Bonchev–Trinajstić information content (AvgIpc) is 3.85. The fourth-order valence-corrected chi connectivity index (χ4v) is 8.14. The van der Waals surface area contributed by atoms with E-state index < -0.39 is 0 Å². The maximum absolute atomic E-state index is 6.75. The SMILES string of the molecule is c1ccc(-n2c3ccccc3c3ccc(-c4c5ccccc5c(-c5cc6c(ccc7oc8ccccc8c76)o5)c5ccccc45)cc32)cc1. The summed E-state index contributed by atoms with van der Waals surface area (Å²) in [4.78, 5) is 0. The van der Waals surface area contributed by atoms with Gasteiger partial charge in [0.15, 0.2) is 0 Å². The van der Waals surface area contributed by atoms with Crippen LogP contribution in [0, 0.1) is 0 Å². The van der Waals surface area contributed by atoms with Gasteiger partial charge in [0.25, 0.3) is 0 Å². The third-order valence-electron chi connectivity index (χ3n) is 10.2. The van der Waals surface area contributed by atoms with Crippen molar-refractivity contribution in [2.24, 2.45) is 0 Å². The largest absolute Gasteiger partial charge is 0.456 e. The molecule has 8 aromatic carbocycles. The van der Waals surface area contributed by atoms with E-state index >= 15 is 0 Å². The van der Waals surface area contributed by atoms with Crippen LogP contribution in [0.25, 0.3) is 104 Å². The van der Waals surface area contributed by atoms with Crippen molar-refractivity contribution in [1.82, 2.24) is 4.57 Å². The van der Waals surface area contributed by atoms with Gasteiger partial charge >= 0.3 is 0 Å². The normalized spacial score (nSPS) is 12.1. The smallest absolute Gasteiger partial charge is 0.136 e. The summed E-state index contributed by atoms with van der Waals surface area (Å²) in [6.07, 6.45) is 0. The second-order valence-electron chi connectivity index (χ2n) is 12.8. The van der Waals surface area contributed by atoms with Crippen LogP contribution in [0.4, 0.5) is 0 Å². The van der Waals surface area contributed by atoms with Crippen molar-refractivity contribution < 1.29 is 8.83 Å². The van der Waals surface area contributed by atoms with Gasteiger partial charge in [0, 0.05) is 38.2 Å². The van der Waals surface area contributed by atoms with Crippen LogP contribution in [-0.2, 0) is 0 Å². The van der Waals surface area contributed by atoms with E-state index in [1.165, 1.54) is 43.7 Å². The number of hydrogen-bond acceptors (Lipinski definition) is 2. The maximum Gasteiger partial charge on any atom is 0.136 e. The molecule has 11 aromatic rings. The second kappa shape index (κ2) is 9.96. The zero-order chi connectivity index (χ0) is 32.1. The molecule has 49 heavy (non-hydrogen) atoms. The Hall–Kier alpha value is -6.58. The van der Waals surface area contributed by atoms with Crippen molar-refractivity contribution in [1.29, 1.82) is 0 Å². The van der Waals surface area contributed by atoms with Gasteiger partial charge in [-0.1, -0.05) is 115 Å². The monoisotopic (exact) mass is 625 g/mol. The molecule has 3 heterocycles. The van der Waals surface area contributed by atoms with Crippen LogP contribution in [-0.4, -0.2) is 4.57 Å². The van der Waals surface area contributed by atoms with E-state index in [0.717, 1.165) is 60.7 Å². The summed E-state index contributed by atoms with van der Waals surface area (Å²) < 4.78 is 15.4. The highest BCUT2D eigenvalue weighted by atomic mass is 16.3. The Morgan fingerprint density at radius 3 is 1.67 bits per heavy atom. The Morgan fingerprint density at radius 2 is 0.918 bits per heavy atom. The quantitative estimate of drug-likeness (QED) is 0.183. The van der Waals surface area contributed by atoms with Gasteiger partial charge in [-0.15, -0.1) is 0 Å². The lowest BCUT2D eigenvalue weighted by molar-refractivity contribution is 0.632. The first-order chi connectivity index (χ1) is 24.3. The molecule has 0 aliphatic carbocycles. The van der Waals surface area contributed by atoms with Crippen LogP contribution < -0.4 is 0 Å². The number of hydrogen-bond donors (Lipinski definition) is 0. The first kappa shape index (κ1) is 26.5. The molecule has 0 aliphatic rings. The van der Waals surface area contributed by atoms with Gasteiger partial charge < -0.3 is 13.4 Å². The van der Waals surface area contributed by atoms with E-state index in [2.05, 4.69) is 144 Å². The predicted octanol–water partition coefficient (Wildman–Crippen LogP) is 13.1. The number of furan rings is 2. The van der Waals surface area contributed by atoms with Crippen molar-refractivity contribution in [3.63, 3.8) is 0 Å². The summed E-state index contributed by atoms with van der Waals surface area (Å²) in [6, 6.07) is 58.3. The minimum absolute atomic E-state index is 0.852. The summed E-state index contributed by atoms with van der Waals surface area (Å²) >= 11 is 0. The lowest BCUT2D eigenvalue weighted by Gasteiger charge is -2.17. The second-order valence-corrected chi connectivity index (χ2v) is 12.8. The van der Waals surface area contributed by atoms with E-state index in [-0.39, 0.29) is 0 Å². The molecule has 3 aromatic heterocycles. The Balaban J connectivity index is 1.21. The molecule has 3 heteroatoms. The highest BCUT2D eigenvalue weighted by molar-refractivity contribution is 6.24. The zero-order valence-corrected chi connectivity index (χ0v) is 26.4. The van der Waals surface area contributed by atoms with E-state index in [9.17, 15) is 0 Å². The number of nitrogens with zero attached hydrogens (tertiary/aromatic N) is 1. The molecule has 0 amide bonds. The average molecular weight is 626 g/mol. The molecule has 0 N–H and O–H groups in total. The molecule has 228 valence electrons. The van der Waals surface area contributed by atoms with Crippen LogP contribution in [0.3, 0.4) is 0 Å². The zero-order valence-electron chi connectivity index (χ0n) is 26.4. The van der Waals surface area contributed by atoms with Crippen molar-refractivity contribution >= 4 is 76.3 Å². The lowest BCUT2D eigenvalue weighted by Crippen LogP contribution is -1.94. The molecule has 0 bridgehead atoms. The lowest BCUT2D eigenvalue weighted by atomic mass is 9.87. The first-order valence-electron chi connectivity index (χ1n) is 16.7. The fraction of sp³-hybridized carbons (Fsp3) is 0. The standard InChI is InChI=1S/C46H27NO2/c1-2-12-29(13-3-1)47-38-20-10-8-14-30(38)31-23-22-28(26-39(31)47)44-32-15-4-6-17-34(32)45(35-18-7-5-16-33(35)44)43-27-37-41(49-43)24-25-42-46(37)36-19-9-11-21-40(36)48-42/h1-27H. The fourth-order valence-electron chi connectivity index (χ4n) is 8.14. The summed E-state index contributed by atoms with van der Waals surface area (Å²) in [5.74, 6) is 0.853. The van der Waals surface area contributed by atoms with Crippen molar-refractivity contribution in [2.75, 3.05) is 0 Å². The molecule has 0 saturated heterocycles. The van der Waals surface area contributed by atoms with Gasteiger partial charge in [0.2, 0.25) is 0 Å². The van der Waals surface area contributed by atoms with Crippen molar-refractivity contribution in [2.45, 2.75) is 0 Å². The minimum atomic E-state index is 0.852. The van der Waals surface area contributed by atoms with Gasteiger partial charge in [0.1, 0.15) is 22.5 Å². The van der Waals surface area contributed by atoms with Gasteiger partial charge in [-0.25, -0.2) is 0 Å². The number of aromatic nitrogens is 1. The number of rotatable bonds is 3. The third kappa shape index (κ3) is 3.73. The van der Waals surface area contributed by atoms with Crippen LogP contribution >= 0.6 is 0 Å². The Morgan fingerprint density at radius 1 is 0.347 bits per heavy atom. The first-order valence-corrected chi connectivity index (χ1v) is 16.7. The summed E-state index contributed by atoms with van der Waals surface area (Å²) in [5.41, 5.74) is 9.66. The molecule has 0 unspecified atom stereocenters. The van der Waals surface area contributed by atoms with Gasteiger partial charge in [0.05, 0.1) is 11.0 Å². The molecule has 0 saturated carbocycles. The number of para-hydroxylation sites is 3. The molecule has 0 atom stereocenters. The molecule has 0 aliphatic heterocycles. The molecule has 0 fully saturated rings. The summed E-state index contributed by atoms with van der Waals surface area (Å²) in [6.45, 7) is 0. The predicted molar refractivity (Wildman–Crippen MR) is 204 cm³/mol. The molecule has 3 nitrogen and oxygen atoms in total. The maximum atomic E-state index is 6.75. The molecular weight excluding hydrogens is 599 g/mol. The van der Waals surface area contributed by atoms with Crippen LogP contribution in [0.1, 0.15) is 0 Å². The number of benzene rings is 8. The van der Waals surface area contributed by atoms with Gasteiger partial charge in [-0.2, -0.15) is 0 Å². The van der Waals surface area contributed by atoms with Crippen LogP contribution in [0.15, 0.2) is 173 Å². The van der Waals surface area contributed by atoms with E-state index in [0.29, 0.717) is 0 Å². The third-order valence-corrected chi connectivity index (χ3v) is 10.2. The highest BCUT2D eigenvalue weighted by Gasteiger charge is 2.22. The van der Waals surface area contributed by atoms with Crippen LogP contribution in [0.2, 0.25) is 0 Å². The van der Waals surface area contributed by atoms with Gasteiger partial charge in [-0.05, 0) is 81.2 Å². The van der Waals surface area contributed by atoms with E-state index in [4.69, 9.17) is 8.83 Å². The van der Waals surface area contributed by atoms with Crippen LogP contribution in [0.5, 0.6) is 0 Å². The molecule has 0 radical (unpaired) electrons. The van der Waals surface area contributed by atoms with Gasteiger partial charge in [-0.3, -0.25) is 0 Å². The van der Waals surface area contributed by atoms with Crippen molar-refractivity contribution in [3.8, 4) is 28.1 Å². The van der Waals surface area contributed by atoms with E-state index in [1.807, 2.05) is 24.3 Å². The highest BCUT2D eigenvalue weighted by Crippen LogP contribution is 2.47. The number of fused-ring (bicyclic) bond motifs is 10. The minimum Gasteiger partial charge on any atom is -0.456 e. The Kier molecular flexibility index (Phi) is 5.38. The van der Waals surface area contributed by atoms with E-state index in [1.54, 1.807) is 0 Å². The summed E-state index contributed by atoms with van der Waals surface area (Å²) in [5, 5.41) is 10.5. The Labute approximate surface area is 280 Å². The topological polar surface area (TPSA) is 31.2 Å². The summed E-state index contributed by atoms with van der Waals surface area (Å²) in [7, 11) is 0. The molecule has 11 rings (SSSR count). The molecule has 0 spiro atoms. The van der Waals surface area contributed by atoms with Crippen molar-refractivity contribution in [3.05, 3.63) is 164 Å².